The molecular weight excluding hydrogens is 268 g/mol. The summed E-state index contributed by atoms with van der Waals surface area (Å²) in [6.45, 7) is 6.24. The van der Waals surface area contributed by atoms with Crippen LogP contribution in [0.3, 0.4) is 0 Å². The second-order valence-corrected chi connectivity index (χ2v) is 5.38. The molecule has 0 saturated carbocycles. The Hall–Kier alpha value is -1.40. The van der Waals surface area contributed by atoms with Gasteiger partial charge in [0.2, 0.25) is 0 Å². The summed E-state index contributed by atoms with van der Waals surface area (Å²) in [5, 5.41) is 3.26. The lowest BCUT2D eigenvalue weighted by molar-refractivity contribution is 0.139. The first kappa shape index (κ1) is 16.0. The van der Waals surface area contributed by atoms with E-state index in [1.165, 1.54) is 0 Å². The van der Waals surface area contributed by atoms with Crippen LogP contribution >= 0.6 is 0 Å². The van der Waals surface area contributed by atoms with Crippen molar-refractivity contribution in [3.63, 3.8) is 0 Å². The number of anilines is 2. The molecule has 1 N–H and O–H groups in total. The molecule has 1 aromatic heterocycles. The molecule has 0 aliphatic carbocycles. The molecule has 6 nitrogen and oxygen atoms in total. The van der Waals surface area contributed by atoms with Crippen LogP contribution < -0.4 is 10.2 Å². The summed E-state index contributed by atoms with van der Waals surface area (Å²) in [4.78, 5) is 11.4. The van der Waals surface area contributed by atoms with E-state index >= 15 is 0 Å². The zero-order valence-electron chi connectivity index (χ0n) is 13.3. The lowest BCUT2D eigenvalue weighted by atomic mass is 9.98. The Bertz CT molecular complexity index is 409. The van der Waals surface area contributed by atoms with Gasteiger partial charge in [-0.1, -0.05) is 0 Å². The number of nitrogens with one attached hydrogen (secondary N) is 1. The quantitative estimate of drug-likeness (QED) is 0.829. The van der Waals surface area contributed by atoms with Crippen LogP contribution in [0.5, 0.6) is 0 Å². The monoisotopic (exact) mass is 294 g/mol. The zero-order valence-corrected chi connectivity index (χ0v) is 13.3. The molecule has 1 fully saturated rings. The Morgan fingerprint density at radius 1 is 1.24 bits per heavy atom. The lowest BCUT2D eigenvalue weighted by Crippen LogP contribution is -2.35. The summed E-state index contributed by atoms with van der Waals surface area (Å²) in [6.07, 6.45) is 2.29. The summed E-state index contributed by atoms with van der Waals surface area (Å²) in [7, 11) is 3.44. The molecule has 1 aliphatic rings. The van der Waals surface area contributed by atoms with E-state index in [0.717, 1.165) is 56.5 Å². The first-order chi connectivity index (χ1) is 10.3. The molecule has 0 atom stereocenters. The fourth-order valence-corrected chi connectivity index (χ4v) is 2.67. The molecule has 0 bridgehead atoms. The van der Waals surface area contributed by atoms with Gasteiger partial charge in [-0.05, 0) is 25.7 Å². The van der Waals surface area contributed by atoms with Crippen LogP contribution in [0.25, 0.3) is 0 Å². The predicted molar refractivity (Wildman–Crippen MR) is 83.7 cm³/mol. The van der Waals surface area contributed by atoms with Crippen LogP contribution in [0.15, 0.2) is 6.07 Å². The van der Waals surface area contributed by atoms with Gasteiger partial charge in [-0.2, -0.15) is 0 Å². The van der Waals surface area contributed by atoms with Crippen LogP contribution in [0, 0.1) is 5.92 Å². The number of methoxy groups -OCH3 is 2. The molecule has 1 aliphatic heterocycles. The number of rotatable bonds is 7. The van der Waals surface area contributed by atoms with Gasteiger partial charge in [-0.15, -0.1) is 0 Å². The van der Waals surface area contributed by atoms with Crippen LogP contribution in [0.1, 0.15) is 25.6 Å². The van der Waals surface area contributed by atoms with Crippen molar-refractivity contribution in [2.45, 2.75) is 26.4 Å². The van der Waals surface area contributed by atoms with Crippen LogP contribution in [0.4, 0.5) is 11.6 Å². The maximum atomic E-state index is 5.25. The molecule has 0 spiro atoms. The first-order valence-electron chi connectivity index (χ1n) is 7.61. The van der Waals surface area contributed by atoms with Gasteiger partial charge in [0.1, 0.15) is 18.2 Å². The van der Waals surface area contributed by atoms with E-state index in [2.05, 4.69) is 27.1 Å². The van der Waals surface area contributed by atoms with E-state index in [1.54, 1.807) is 14.2 Å². The van der Waals surface area contributed by atoms with Gasteiger partial charge in [0.05, 0.1) is 0 Å². The minimum Gasteiger partial charge on any atom is -0.384 e. The number of ether oxygens (including phenoxy) is 2. The summed E-state index contributed by atoms with van der Waals surface area (Å²) in [5.74, 6) is 3.25. The van der Waals surface area contributed by atoms with Crippen molar-refractivity contribution < 1.29 is 9.47 Å². The van der Waals surface area contributed by atoms with Gasteiger partial charge in [-0.25, -0.2) is 9.97 Å². The molecule has 1 aromatic rings. The third-order valence-electron chi connectivity index (χ3n) is 3.73. The molecule has 0 unspecified atom stereocenters. The van der Waals surface area contributed by atoms with E-state index in [9.17, 15) is 0 Å². The molecule has 1 saturated heterocycles. The maximum absolute atomic E-state index is 5.25. The third kappa shape index (κ3) is 4.54. The standard InChI is InChI=1S/C15H26N4O2/c1-4-16-13-9-15(18-14(17-13)11-21-3)19-7-5-12(6-8-19)10-20-2/h9,12H,4-8,10-11H2,1-3H3,(H,16,17,18). The minimum atomic E-state index is 0.437. The van der Waals surface area contributed by atoms with Crippen molar-refractivity contribution in [2.24, 2.45) is 5.92 Å². The summed E-state index contributed by atoms with van der Waals surface area (Å²) in [6, 6.07) is 2.03. The fourth-order valence-electron chi connectivity index (χ4n) is 2.67. The Morgan fingerprint density at radius 3 is 2.62 bits per heavy atom. The van der Waals surface area contributed by atoms with E-state index < -0.39 is 0 Å². The van der Waals surface area contributed by atoms with Gasteiger partial charge in [-0.3, -0.25) is 0 Å². The molecular formula is C15H26N4O2. The highest BCUT2D eigenvalue weighted by molar-refractivity contribution is 5.49. The van der Waals surface area contributed by atoms with Crippen LogP contribution in [-0.4, -0.2) is 50.4 Å². The highest BCUT2D eigenvalue weighted by Gasteiger charge is 2.21. The van der Waals surface area contributed by atoms with Crippen molar-refractivity contribution in [2.75, 3.05) is 50.7 Å². The second kappa shape index (κ2) is 8.14. The highest BCUT2D eigenvalue weighted by Crippen LogP contribution is 2.23. The SMILES string of the molecule is CCNc1cc(N2CCC(COC)CC2)nc(COC)n1. The molecule has 0 amide bonds. The number of hydrogen-bond donors (Lipinski definition) is 1. The van der Waals surface area contributed by atoms with Gasteiger partial charge >= 0.3 is 0 Å². The Balaban J connectivity index is 2.07. The normalized spacial score (nSPS) is 16.2. The van der Waals surface area contributed by atoms with Crippen molar-refractivity contribution in [3.8, 4) is 0 Å². The number of piperidine rings is 1. The third-order valence-corrected chi connectivity index (χ3v) is 3.73. The predicted octanol–water partition coefficient (Wildman–Crippen LogP) is 1.92. The first-order valence-corrected chi connectivity index (χ1v) is 7.61. The summed E-state index contributed by atoms with van der Waals surface area (Å²) in [5.41, 5.74) is 0. The van der Waals surface area contributed by atoms with Crippen LogP contribution in [-0.2, 0) is 16.1 Å². The summed E-state index contributed by atoms with van der Waals surface area (Å²) < 4.78 is 10.4. The van der Waals surface area contributed by atoms with E-state index in [-0.39, 0.29) is 0 Å². The number of aromatic nitrogens is 2. The van der Waals surface area contributed by atoms with Crippen molar-refractivity contribution >= 4 is 11.6 Å². The zero-order chi connectivity index (χ0) is 15.1. The molecule has 6 heteroatoms. The van der Waals surface area contributed by atoms with Gasteiger partial charge < -0.3 is 19.7 Å². The molecule has 21 heavy (non-hydrogen) atoms. The lowest BCUT2D eigenvalue weighted by Gasteiger charge is -2.32. The largest absolute Gasteiger partial charge is 0.384 e. The topological polar surface area (TPSA) is 59.5 Å². The van der Waals surface area contributed by atoms with Crippen molar-refractivity contribution in [1.82, 2.24) is 9.97 Å². The molecule has 2 rings (SSSR count). The Morgan fingerprint density at radius 2 is 2.00 bits per heavy atom. The van der Waals surface area contributed by atoms with E-state index in [1.807, 2.05) is 6.07 Å². The van der Waals surface area contributed by atoms with Gasteiger partial charge in [0.25, 0.3) is 0 Å². The minimum absolute atomic E-state index is 0.437. The number of nitrogens with zero attached hydrogens (tertiary/aromatic N) is 3. The maximum Gasteiger partial charge on any atom is 0.158 e. The Kier molecular flexibility index (Phi) is 6.20. The van der Waals surface area contributed by atoms with Crippen molar-refractivity contribution in [3.05, 3.63) is 11.9 Å². The average molecular weight is 294 g/mol. The smallest absolute Gasteiger partial charge is 0.158 e. The molecule has 2 heterocycles. The Labute approximate surface area is 126 Å². The molecule has 118 valence electrons. The van der Waals surface area contributed by atoms with Crippen LogP contribution in [0.2, 0.25) is 0 Å². The fraction of sp³-hybridized carbons (Fsp3) is 0.733. The van der Waals surface area contributed by atoms with E-state index in [4.69, 9.17) is 9.47 Å². The average Bonchev–Trinajstić information content (AvgIpc) is 2.49. The second-order valence-electron chi connectivity index (χ2n) is 5.38. The summed E-state index contributed by atoms with van der Waals surface area (Å²) >= 11 is 0. The molecule has 0 aromatic carbocycles. The van der Waals surface area contributed by atoms with Gasteiger partial charge in [0, 0.05) is 46.5 Å². The van der Waals surface area contributed by atoms with Gasteiger partial charge in [0.15, 0.2) is 5.82 Å². The number of hydrogen-bond acceptors (Lipinski definition) is 6. The van der Waals surface area contributed by atoms with Crippen molar-refractivity contribution in [1.29, 1.82) is 0 Å². The molecule has 0 radical (unpaired) electrons. The van der Waals surface area contributed by atoms with E-state index in [0.29, 0.717) is 12.5 Å². The highest BCUT2D eigenvalue weighted by atomic mass is 16.5.